The molecule has 0 saturated heterocycles. The maximum Gasteiger partial charge on any atom is 0.337 e. The molecule has 1 aromatic heterocycles. The number of carboxylic acids is 1. The van der Waals surface area contributed by atoms with Crippen LogP contribution < -0.4 is 4.72 Å². The number of rotatable bonds is 6. The van der Waals surface area contributed by atoms with Crippen molar-refractivity contribution in [3.8, 4) is 22.5 Å². The third-order valence-corrected chi connectivity index (χ3v) is 6.07. The molecule has 4 rings (SSSR count). The molecule has 3 N–H and O–H groups in total. The minimum atomic E-state index is -4.10. The summed E-state index contributed by atoms with van der Waals surface area (Å²) in [6, 6.07) is 18.2. The summed E-state index contributed by atoms with van der Waals surface area (Å²) in [5.41, 5.74) is 2.57. The molecule has 0 radical (unpaired) electrons. The van der Waals surface area contributed by atoms with Gasteiger partial charge in [0.05, 0.1) is 16.1 Å². The van der Waals surface area contributed by atoms with E-state index in [4.69, 9.17) is 0 Å². The van der Waals surface area contributed by atoms with Gasteiger partial charge in [0.25, 0.3) is 10.0 Å². The summed E-state index contributed by atoms with van der Waals surface area (Å²) < 4.78 is 28.6. The third-order valence-electron chi connectivity index (χ3n) is 4.71. The van der Waals surface area contributed by atoms with Crippen molar-refractivity contribution in [3.63, 3.8) is 0 Å². The Kier molecular flexibility index (Phi) is 5.22. The van der Waals surface area contributed by atoms with E-state index in [0.717, 1.165) is 11.1 Å². The summed E-state index contributed by atoms with van der Waals surface area (Å²) in [6.45, 7) is 1.79. The van der Waals surface area contributed by atoms with Gasteiger partial charge in [-0.3, -0.25) is 4.72 Å². The van der Waals surface area contributed by atoms with E-state index in [2.05, 4.69) is 25.3 Å². The van der Waals surface area contributed by atoms with Crippen LogP contribution >= 0.6 is 0 Å². The van der Waals surface area contributed by atoms with Crippen LogP contribution in [0.25, 0.3) is 22.5 Å². The highest BCUT2D eigenvalue weighted by Gasteiger charge is 2.21. The van der Waals surface area contributed by atoms with Gasteiger partial charge in [0.2, 0.25) is 5.82 Å². The zero-order valence-electron chi connectivity index (χ0n) is 16.3. The number of carboxylic acid groups (broad SMARTS) is 1. The lowest BCUT2D eigenvalue weighted by Gasteiger charge is -2.13. The first-order chi connectivity index (χ1) is 14.8. The molecule has 4 aromatic rings. The number of aromatic nitrogens is 4. The lowest BCUT2D eigenvalue weighted by molar-refractivity contribution is 0.0698. The molecule has 0 unspecified atom stereocenters. The van der Waals surface area contributed by atoms with Crippen LogP contribution in [-0.4, -0.2) is 40.1 Å². The molecule has 0 saturated carbocycles. The number of H-pyrrole nitrogens is 1. The van der Waals surface area contributed by atoms with Crippen molar-refractivity contribution in [1.82, 2.24) is 20.6 Å². The zero-order chi connectivity index (χ0) is 22.0. The summed E-state index contributed by atoms with van der Waals surface area (Å²) in [7, 11) is -4.10. The second-order valence-electron chi connectivity index (χ2n) is 6.75. The first kappa shape index (κ1) is 20.2. The lowest BCUT2D eigenvalue weighted by Crippen LogP contribution is -2.16. The molecular weight excluding hydrogens is 418 g/mol. The van der Waals surface area contributed by atoms with Crippen molar-refractivity contribution < 1.29 is 18.3 Å². The highest BCUT2D eigenvalue weighted by atomic mass is 32.2. The number of aromatic amines is 1. The maximum atomic E-state index is 13.1. The van der Waals surface area contributed by atoms with Gasteiger partial charge in [-0.1, -0.05) is 42.5 Å². The Labute approximate surface area is 177 Å². The Balaban J connectivity index is 1.76. The van der Waals surface area contributed by atoms with Crippen LogP contribution in [0.2, 0.25) is 0 Å². The van der Waals surface area contributed by atoms with E-state index in [0.29, 0.717) is 11.1 Å². The number of hydrogen-bond donors (Lipinski definition) is 3. The minimum Gasteiger partial charge on any atom is -0.478 e. The molecule has 10 heteroatoms. The van der Waals surface area contributed by atoms with Gasteiger partial charge in [0.1, 0.15) is 0 Å². The number of nitrogens with zero attached hydrogens (tertiary/aromatic N) is 3. The molecule has 1 heterocycles. The number of hydrogen-bond acceptors (Lipinski definition) is 6. The van der Waals surface area contributed by atoms with Crippen LogP contribution in [0, 0.1) is 6.92 Å². The first-order valence-corrected chi connectivity index (χ1v) is 10.6. The highest BCUT2D eigenvalue weighted by Crippen LogP contribution is 2.29. The number of carbonyl (C=O) groups is 1. The molecular formula is C21H17N5O4S. The van der Waals surface area contributed by atoms with Gasteiger partial charge < -0.3 is 5.11 Å². The summed E-state index contributed by atoms with van der Waals surface area (Å²) >= 11 is 0. The highest BCUT2D eigenvalue weighted by molar-refractivity contribution is 7.92. The topological polar surface area (TPSA) is 138 Å². The summed E-state index contributed by atoms with van der Waals surface area (Å²) in [5.74, 6) is -0.986. The van der Waals surface area contributed by atoms with Crippen molar-refractivity contribution in [2.24, 2.45) is 0 Å². The second-order valence-corrected chi connectivity index (χ2v) is 8.43. The largest absolute Gasteiger partial charge is 0.478 e. The van der Waals surface area contributed by atoms with E-state index < -0.39 is 16.0 Å². The van der Waals surface area contributed by atoms with Crippen LogP contribution in [0.15, 0.2) is 71.6 Å². The Morgan fingerprint density at radius 3 is 2.45 bits per heavy atom. The van der Waals surface area contributed by atoms with Gasteiger partial charge in [-0.05, 0) is 53.1 Å². The number of tetrazole rings is 1. The van der Waals surface area contributed by atoms with Gasteiger partial charge in [0, 0.05) is 5.56 Å². The molecule has 0 atom stereocenters. The third kappa shape index (κ3) is 4.14. The fourth-order valence-corrected chi connectivity index (χ4v) is 4.21. The van der Waals surface area contributed by atoms with Gasteiger partial charge in [-0.15, -0.1) is 10.2 Å². The van der Waals surface area contributed by atoms with E-state index in [-0.39, 0.29) is 22.0 Å². The van der Waals surface area contributed by atoms with Crippen molar-refractivity contribution >= 4 is 21.7 Å². The van der Waals surface area contributed by atoms with E-state index in [1.807, 2.05) is 30.3 Å². The lowest BCUT2D eigenvalue weighted by atomic mass is 10.0. The molecule has 0 amide bonds. The van der Waals surface area contributed by atoms with Crippen molar-refractivity contribution in [2.75, 3.05) is 4.72 Å². The predicted octanol–water partition coefficient (Wildman–Crippen LogP) is 3.34. The Morgan fingerprint density at radius 2 is 1.77 bits per heavy atom. The van der Waals surface area contributed by atoms with E-state index >= 15 is 0 Å². The van der Waals surface area contributed by atoms with Crippen molar-refractivity contribution in [2.45, 2.75) is 11.8 Å². The van der Waals surface area contributed by atoms with E-state index in [9.17, 15) is 18.3 Å². The molecule has 0 bridgehead atoms. The molecule has 0 aliphatic heterocycles. The van der Waals surface area contributed by atoms with Gasteiger partial charge in [0.15, 0.2) is 0 Å². The number of aryl methyl sites for hydroxylation is 1. The second kappa shape index (κ2) is 8.00. The fraction of sp³-hybridized carbons (Fsp3) is 0.0476. The Hall–Kier alpha value is -4.05. The summed E-state index contributed by atoms with van der Waals surface area (Å²) in [4.78, 5) is 11.6. The Morgan fingerprint density at radius 1 is 1.00 bits per heavy atom. The molecule has 0 aliphatic rings. The van der Waals surface area contributed by atoms with Crippen LogP contribution in [0.4, 0.5) is 5.69 Å². The van der Waals surface area contributed by atoms with Crippen LogP contribution in [0.3, 0.4) is 0 Å². The molecule has 0 aliphatic carbocycles. The molecule has 3 aromatic carbocycles. The number of nitrogens with one attached hydrogen (secondary N) is 2. The van der Waals surface area contributed by atoms with Crippen molar-refractivity contribution in [3.05, 3.63) is 77.9 Å². The van der Waals surface area contributed by atoms with Gasteiger partial charge in [-0.25, -0.2) is 13.2 Å². The number of sulfonamides is 1. The first-order valence-electron chi connectivity index (χ1n) is 9.15. The SMILES string of the molecule is Cc1ccc(S(=O)(=O)Nc2cc(-c3ccccc3)ccc2C(=O)O)cc1-c1nn[nH]n1. The fourth-order valence-electron chi connectivity index (χ4n) is 3.11. The average molecular weight is 435 g/mol. The minimum absolute atomic E-state index is 0.0319. The van der Waals surface area contributed by atoms with Crippen LogP contribution in [0.5, 0.6) is 0 Å². The number of anilines is 1. The molecule has 0 spiro atoms. The standard InChI is InChI=1S/C21H17N5O4S/c1-13-7-9-16(12-18(13)20-22-25-26-23-20)31(29,30)24-19-11-15(8-10-17(19)21(27)28)14-5-3-2-4-6-14/h2-12,24H,1H3,(H,27,28)(H,22,23,25,26). The smallest absolute Gasteiger partial charge is 0.337 e. The number of aromatic carboxylic acids is 1. The molecule has 156 valence electrons. The normalized spacial score (nSPS) is 11.3. The molecule has 0 fully saturated rings. The van der Waals surface area contributed by atoms with Crippen LogP contribution in [-0.2, 0) is 10.0 Å². The summed E-state index contributed by atoms with van der Waals surface area (Å²) in [5, 5.41) is 23.2. The molecule has 31 heavy (non-hydrogen) atoms. The van der Waals surface area contributed by atoms with Gasteiger partial charge >= 0.3 is 5.97 Å². The van der Waals surface area contributed by atoms with E-state index in [1.165, 1.54) is 24.3 Å². The molecule has 9 nitrogen and oxygen atoms in total. The average Bonchev–Trinajstić information content (AvgIpc) is 3.28. The van der Waals surface area contributed by atoms with Gasteiger partial charge in [-0.2, -0.15) is 5.21 Å². The van der Waals surface area contributed by atoms with Crippen LogP contribution in [0.1, 0.15) is 15.9 Å². The quantitative estimate of drug-likeness (QED) is 0.422. The zero-order valence-corrected chi connectivity index (χ0v) is 17.1. The van der Waals surface area contributed by atoms with E-state index in [1.54, 1.807) is 19.1 Å². The monoisotopic (exact) mass is 435 g/mol. The maximum absolute atomic E-state index is 13.1. The van der Waals surface area contributed by atoms with Crippen molar-refractivity contribution in [1.29, 1.82) is 0 Å². The summed E-state index contributed by atoms with van der Waals surface area (Å²) in [6.07, 6.45) is 0. The Bertz CT molecular complexity index is 1350. The predicted molar refractivity (Wildman–Crippen MR) is 114 cm³/mol. The number of benzene rings is 3.